The molecule has 5 aliphatic rings. The first-order valence-corrected chi connectivity index (χ1v) is 8.64. The quantitative estimate of drug-likeness (QED) is 0.370. The molecule has 2 saturated carbocycles. The Morgan fingerprint density at radius 2 is 1.56 bits per heavy atom. The first kappa shape index (κ1) is 15.9. The van der Waals surface area contributed by atoms with Gasteiger partial charge in [-0.15, -0.1) is 0 Å². The third-order valence-corrected chi connectivity index (χ3v) is 6.28. The van der Waals surface area contributed by atoms with E-state index in [0.717, 1.165) is 29.6 Å². The second kappa shape index (κ2) is 5.12. The number of nitrogens with zero attached hydrogens (tertiary/aromatic N) is 3. The molecule has 1 saturated heterocycles. The Kier molecular flexibility index (Phi) is 3.02. The molecule has 6 rings (SSSR count). The Labute approximate surface area is 152 Å². The zero-order valence-electron chi connectivity index (χ0n) is 13.8. The Hall–Kier alpha value is -3.30. The van der Waals surface area contributed by atoms with Gasteiger partial charge in [0, 0.05) is 6.07 Å². The molecule has 4 aliphatic carbocycles. The molecule has 10 nitrogen and oxygen atoms in total. The van der Waals surface area contributed by atoms with Crippen LogP contribution in [0.1, 0.15) is 6.42 Å². The van der Waals surface area contributed by atoms with Gasteiger partial charge < -0.3 is 0 Å². The van der Waals surface area contributed by atoms with Gasteiger partial charge >= 0.3 is 5.69 Å². The molecule has 3 fully saturated rings. The highest BCUT2D eigenvalue weighted by atomic mass is 16.6. The van der Waals surface area contributed by atoms with Crippen LogP contribution in [-0.4, -0.2) is 26.7 Å². The predicted molar refractivity (Wildman–Crippen MR) is 89.9 cm³/mol. The van der Waals surface area contributed by atoms with E-state index in [1.54, 1.807) is 0 Å². The lowest BCUT2D eigenvalue weighted by molar-refractivity contribution is -0.393. The van der Waals surface area contributed by atoms with Crippen molar-refractivity contribution in [1.82, 2.24) is 5.01 Å². The number of hydrogen-bond donors (Lipinski definition) is 1. The molecule has 0 aromatic heterocycles. The number of non-ortho nitro benzene ring substituents is 1. The normalized spacial score (nSPS) is 35.0. The minimum atomic E-state index is -0.784. The average Bonchev–Trinajstić information content (AvgIpc) is 3.42. The summed E-state index contributed by atoms with van der Waals surface area (Å²) in [7, 11) is 0. The summed E-state index contributed by atoms with van der Waals surface area (Å²) in [6.07, 6.45) is 5.10. The van der Waals surface area contributed by atoms with E-state index < -0.39 is 33.1 Å². The summed E-state index contributed by atoms with van der Waals surface area (Å²) < 4.78 is 0. The summed E-state index contributed by atoms with van der Waals surface area (Å²) in [6.45, 7) is 0. The summed E-state index contributed by atoms with van der Waals surface area (Å²) in [5.41, 5.74) is 1.42. The second-order valence-electron chi connectivity index (χ2n) is 7.49. The predicted octanol–water partition coefficient (Wildman–Crippen LogP) is 1.88. The van der Waals surface area contributed by atoms with Gasteiger partial charge in [-0.25, -0.2) is 0 Å². The highest BCUT2D eigenvalue weighted by molar-refractivity contribution is 6.07. The molecule has 1 heterocycles. The molecule has 1 aliphatic heterocycles. The number of nitro benzene ring substituents is 2. The fourth-order valence-electron chi connectivity index (χ4n) is 5.07. The van der Waals surface area contributed by atoms with Crippen LogP contribution < -0.4 is 5.43 Å². The van der Waals surface area contributed by atoms with E-state index in [1.807, 2.05) is 12.2 Å². The van der Waals surface area contributed by atoms with Crippen molar-refractivity contribution in [1.29, 1.82) is 0 Å². The summed E-state index contributed by atoms with van der Waals surface area (Å²) >= 11 is 0. The topological polar surface area (TPSA) is 136 Å². The van der Waals surface area contributed by atoms with Crippen LogP contribution in [0.3, 0.4) is 0 Å². The van der Waals surface area contributed by atoms with Gasteiger partial charge in [0.2, 0.25) is 0 Å². The first-order chi connectivity index (χ1) is 12.9. The molecule has 10 heteroatoms. The van der Waals surface area contributed by atoms with Gasteiger partial charge in [0.15, 0.2) is 0 Å². The van der Waals surface area contributed by atoms with Crippen molar-refractivity contribution < 1.29 is 19.4 Å². The minimum Gasteiger partial charge on any atom is -0.282 e. The van der Waals surface area contributed by atoms with Gasteiger partial charge in [0.1, 0.15) is 5.69 Å². The minimum absolute atomic E-state index is 0.0418. The lowest BCUT2D eigenvalue weighted by Gasteiger charge is -2.37. The molecule has 1 aromatic rings. The molecule has 0 spiro atoms. The van der Waals surface area contributed by atoms with E-state index in [9.17, 15) is 29.8 Å². The standard InChI is InChI=1S/C17H14N4O6/c22-16-14-8-2-3-9(11-6-10(8)11)15(14)17(23)19(16)18-12-4-1-7(20(24)25)5-13(12)21(26)27/h1-5,8-11,14-15,18H,6H2. The van der Waals surface area contributed by atoms with Gasteiger partial charge in [0.25, 0.3) is 17.5 Å². The smallest absolute Gasteiger partial charge is 0.282 e. The van der Waals surface area contributed by atoms with Crippen molar-refractivity contribution in [2.75, 3.05) is 5.43 Å². The van der Waals surface area contributed by atoms with Crippen LogP contribution in [0.25, 0.3) is 0 Å². The van der Waals surface area contributed by atoms with Crippen LogP contribution in [0.4, 0.5) is 17.1 Å². The molecular formula is C17H14N4O6. The van der Waals surface area contributed by atoms with E-state index >= 15 is 0 Å². The average molecular weight is 370 g/mol. The molecule has 138 valence electrons. The summed E-state index contributed by atoms with van der Waals surface area (Å²) in [4.78, 5) is 46.4. The van der Waals surface area contributed by atoms with Gasteiger partial charge in [-0.05, 0) is 36.2 Å². The maximum absolute atomic E-state index is 12.9. The lowest BCUT2D eigenvalue weighted by Crippen LogP contribution is -2.40. The van der Waals surface area contributed by atoms with E-state index in [-0.39, 0.29) is 29.3 Å². The van der Waals surface area contributed by atoms with Gasteiger partial charge in [-0.3, -0.25) is 35.2 Å². The van der Waals surface area contributed by atoms with Crippen molar-refractivity contribution in [2.24, 2.45) is 35.5 Å². The maximum Gasteiger partial charge on any atom is 0.300 e. The first-order valence-electron chi connectivity index (χ1n) is 8.64. The highest BCUT2D eigenvalue weighted by Gasteiger charge is 2.67. The molecule has 1 aromatic carbocycles. The van der Waals surface area contributed by atoms with Crippen molar-refractivity contribution in [3.8, 4) is 0 Å². The van der Waals surface area contributed by atoms with Crippen LogP contribution in [0.5, 0.6) is 0 Å². The molecule has 6 unspecified atom stereocenters. The van der Waals surface area contributed by atoms with E-state index in [0.29, 0.717) is 11.8 Å². The van der Waals surface area contributed by atoms with Crippen LogP contribution in [0, 0.1) is 55.7 Å². The maximum atomic E-state index is 12.9. The molecule has 6 atom stereocenters. The Morgan fingerprint density at radius 3 is 2.07 bits per heavy atom. The Morgan fingerprint density at radius 1 is 0.963 bits per heavy atom. The van der Waals surface area contributed by atoms with E-state index in [4.69, 9.17) is 0 Å². The van der Waals surface area contributed by atoms with Crippen LogP contribution in [-0.2, 0) is 9.59 Å². The third kappa shape index (κ3) is 2.06. The number of hydrogen-bond acceptors (Lipinski definition) is 7. The summed E-state index contributed by atoms with van der Waals surface area (Å²) in [5.74, 6) is -0.648. The number of allylic oxidation sites excluding steroid dienone is 2. The molecule has 2 bridgehead atoms. The molecule has 1 N–H and O–H groups in total. The number of hydrazine groups is 1. The number of anilines is 1. The SMILES string of the molecule is O=C1C2C3C=CC(C4CC34)C2C(=O)N1Nc1ccc([N+](=O)[O-])cc1[N+](=O)[O-]. The lowest BCUT2D eigenvalue weighted by atomic mass is 9.63. The number of imide groups is 1. The van der Waals surface area contributed by atoms with E-state index in [2.05, 4.69) is 5.43 Å². The number of benzene rings is 1. The van der Waals surface area contributed by atoms with E-state index in [1.165, 1.54) is 0 Å². The Balaban J connectivity index is 1.47. The number of rotatable bonds is 4. The summed E-state index contributed by atoms with van der Waals surface area (Å²) in [5, 5.41) is 23.0. The third-order valence-electron chi connectivity index (χ3n) is 6.28. The molecule has 2 amide bonds. The van der Waals surface area contributed by atoms with Gasteiger partial charge in [-0.1, -0.05) is 12.2 Å². The van der Waals surface area contributed by atoms with Crippen molar-refractivity contribution in [3.63, 3.8) is 0 Å². The Bertz CT molecular complexity index is 923. The van der Waals surface area contributed by atoms with Gasteiger partial charge in [0.05, 0.1) is 27.7 Å². The van der Waals surface area contributed by atoms with Crippen LogP contribution in [0.15, 0.2) is 30.4 Å². The van der Waals surface area contributed by atoms with Gasteiger partial charge in [-0.2, -0.15) is 5.01 Å². The zero-order valence-corrected chi connectivity index (χ0v) is 13.8. The number of nitrogens with one attached hydrogen (secondary N) is 1. The largest absolute Gasteiger partial charge is 0.300 e. The number of carbonyl (C=O) groups is 2. The second-order valence-corrected chi connectivity index (χ2v) is 7.49. The molecule has 27 heavy (non-hydrogen) atoms. The number of amides is 2. The van der Waals surface area contributed by atoms with Crippen LogP contribution >= 0.6 is 0 Å². The summed E-state index contributed by atoms with van der Waals surface area (Å²) in [6, 6.07) is 3.04. The monoisotopic (exact) mass is 370 g/mol. The highest BCUT2D eigenvalue weighted by Crippen LogP contribution is 2.65. The van der Waals surface area contributed by atoms with Crippen molar-refractivity contribution in [3.05, 3.63) is 50.6 Å². The van der Waals surface area contributed by atoms with Crippen LogP contribution in [0.2, 0.25) is 0 Å². The van der Waals surface area contributed by atoms with Crippen molar-refractivity contribution >= 4 is 28.9 Å². The fraction of sp³-hybridized carbons (Fsp3) is 0.412. The fourth-order valence-corrected chi connectivity index (χ4v) is 5.07. The number of carbonyl (C=O) groups excluding carboxylic acids is 2. The zero-order chi connectivity index (χ0) is 19.0. The molecule has 0 radical (unpaired) electrons. The van der Waals surface area contributed by atoms with Crippen molar-refractivity contribution in [2.45, 2.75) is 6.42 Å². The number of nitro groups is 2. The molecular weight excluding hydrogens is 356 g/mol.